The molecule has 1 atom stereocenters. The molecule has 0 aliphatic heterocycles. The van der Waals surface area contributed by atoms with Crippen molar-refractivity contribution in [2.75, 3.05) is 6.61 Å². The maximum atomic E-state index is 11.4. The average molecular weight is 213 g/mol. The maximum Gasteiger partial charge on any atom is 0.390 e. The van der Waals surface area contributed by atoms with E-state index in [0.29, 0.717) is 0 Å². The van der Waals surface area contributed by atoms with Gasteiger partial charge in [0.1, 0.15) is 0 Å². The third-order valence-corrected chi connectivity index (χ3v) is 1.85. The fourth-order valence-electron chi connectivity index (χ4n) is 1.01. The van der Waals surface area contributed by atoms with Crippen LogP contribution in [-0.2, 0) is 0 Å². The highest BCUT2D eigenvalue weighted by Crippen LogP contribution is 2.08. The van der Waals surface area contributed by atoms with Crippen molar-refractivity contribution in [1.29, 1.82) is 0 Å². The molecule has 1 aromatic heterocycles. The van der Waals surface area contributed by atoms with E-state index in [-0.39, 0.29) is 30.7 Å². The minimum absolute atomic E-state index is 0.102. The van der Waals surface area contributed by atoms with Gasteiger partial charge >= 0.3 is 5.82 Å². The third kappa shape index (κ3) is 2.84. The van der Waals surface area contributed by atoms with Crippen LogP contribution in [0.3, 0.4) is 0 Å². The van der Waals surface area contributed by atoms with Crippen molar-refractivity contribution >= 4 is 11.7 Å². The zero-order chi connectivity index (χ0) is 11.4. The summed E-state index contributed by atoms with van der Waals surface area (Å²) in [7, 11) is 0. The summed E-state index contributed by atoms with van der Waals surface area (Å²) >= 11 is 0. The number of carbonyl (C=O) groups is 1. The minimum Gasteiger partial charge on any atom is -0.396 e. The molecule has 0 amide bonds. The third-order valence-electron chi connectivity index (χ3n) is 1.85. The largest absolute Gasteiger partial charge is 0.396 e. The number of nitrogens with zero attached hydrogens (tertiary/aromatic N) is 3. The van der Waals surface area contributed by atoms with E-state index in [9.17, 15) is 14.9 Å². The molecule has 1 aromatic rings. The van der Waals surface area contributed by atoms with E-state index >= 15 is 0 Å². The topological polar surface area (TPSA) is 98.3 Å². The summed E-state index contributed by atoms with van der Waals surface area (Å²) in [5.41, 5.74) is 0. The van der Waals surface area contributed by atoms with Crippen LogP contribution in [-0.4, -0.2) is 32.3 Å². The molecule has 7 heteroatoms. The summed E-state index contributed by atoms with van der Waals surface area (Å²) in [5.74, 6) is -0.912. The highest BCUT2D eigenvalue weighted by Gasteiger charge is 2.17. The fraction of sp³-hybridized carbons (Fsp3) is 0.500. The predicted molar refractivity (Wildman–Crippen MR) is 50.4 cm³/mol. The van der Waals surface area contributed by atoms with Gasteiger partial charge in [0.2, 0.25) is 0 Å². The van der Waals surface area contributed by atoms with Gasteiger partial charge in [0, 0.05) is 13.0 Å². The molecule has 0 saturated heterocycles. The summed E-state index contributed by atoms with van der Waals surface area (Å²) in [5, 5.41) is 22.5. The van der Waals surface area contributed by atoms with Gasteiger partial charge in [-0.25, -0.2) is 0 Å². The van der Waals surface area contributed by atoms with Gasteiger partial charge in [-0.3, -0.25) is 4.79 Å². The van der Waals surface area contributed by atoms with Gasteiger partial charge in [-0.15, -0.1) is 4.68 Å². The van der Waals surface area contributed by atoms with E-state index in [1.807, 2.05) is 0 Å². The van der Waals surface area contributed by atoms with Crippen LogP contribution in [0.2, 0.25) is 0 Å². The first-order valence-electron chi connectivity index (χ1n) is 4.38. The molecule has 0 aromatic carbocycles. The lowest BCUT2D eigenvalue weighted by molar-refractivity contribution is -0.389. The van der Waals surface area contributed by atoms with Crippen LogP contribution in [0.15, 0.2) is 12.3 Å². The number of aromatic nitrogens is 2. The highest BCUT2D eigenvalue weighted by molar-refractivity contribution is 5.78. The zero-order valence-electron chi connectivity index (χ0n) is 8.16. The van der Waals surface area contributed by atoms with Crippen molar-refractivity contribution < 1.29 is 14.8 Å². The SMILES string of the molecule is CC(CO)CC(=O)n1ccc([N+](=O)[O-])n1. The first-order valence-corrected chi connectivity index (χ1v) is 4.38. The molecule has 0 radical (unpaired) electrons. The molecule has 15 heavy (non-hydrogen) atoms. The Labute approximate surface area is 85.5 Å². The first kappa shape index (κ1) is 11.3. The number of hydrogen-bond donors (Lipinski definition) is 1. The fourth-order valence-corrected chi connectivity index (χ4v) is 1.01. The number of nitro groups is 1. The van der Waals surface area contributed by atoms with E-state index < -0.39 is 4.92 Å². The normalized spacial score (nSPS) is 12.4. The number of aliphatic hydroxyl groups excluding tert-OH is 1. The lowest BCUT2D eigenvalue weighted by Gasteiger charge is -2.03. The van der Waals surface area contributed by atoms with Crippen LogP contribution in [0.25, 0.3) is 0 Å². The number of hydrogen-bond acceptors (Lipinski definition) is 5. The molecule has 1 N–H and O–H groups in total. The molecule has 0 saturated carbocycles. The van der Waals surface area contributed by atoms with E-state index in [0.717, 1.165) is 10.7 Å². The number of aliphatic hydroxyl groups is 1. The molecule has 7 nitrogen and oxygen atoms in total. The minimum atomic E-state index is -0.667. The predicted octanol–water partition coefficient (Wildman–Crippen LogP) is 0.450. The Kier molecular flexibility index (Phi) is 3.51. The smallest absolute Gasteiger partial charge is 0.390 e. The second kappa shape index (κ2) is 4.65. The van der Waals surface area contributed by atoms with Crippen LogP contribution in [0.1, 0.15) is 18.1 Å². The second-order valence-electron chi connectivity index (χ2n) is 3.26. The average Bonchev–Trinajstić information content (AvgIpc) is 2.66. The maximum absolute atomic E-state index is 11.4. The van der Waals surface area contributed by atoms with E-state index in [2.05, 4.69) is 5.10 Å². The van der Waals surface area contributed by atoms with Crippen LogP contribution in [0.4, 0.5) is 5.82 Å². The zero-order valence-corrected chi connectivity index (χ0v) is 8.16. The van der Waals surface area contributed by atoms with Crippen molar-refractivity contribution in [2.45, 2.75) is 13.3 Å². The first-order chi connectivity index (χ1) is 7.04. The van der Waals surface area contributed by atoms with Crippen molar-refractivity contribution in [3.63, 3.8) is 0 Å². The summed E-state index contributed by atoms with van der Waals surface area (Å²) in [6, 6.07) is 1.15. The number of rotatable bonds is 4. The van der Waals surface area contributed by atoms with Gasteiger partial charge in [-0.2, -0.15) is 0 Å². The molecular formula is C8H11N3O4. The molecule has 0 aliphatic carbocycles. The van der Waals surface area contributed by atoms with Crippen molar-refractivity contribution in [1.82, 2.24) is 9.78 Å². The summed E-state index contributed by atoms with van der Waals surface area (Å²) in [4.78, 5) is 21.0. The van der Waals surface area contributed by atoms with Gasteiger partial charge in [0.25, 0.3) is 5.91 Å². The van der Waals surface area contributed by atoms with Gasteiger partial charge in [0.15, 0.2) is 0 Å². The van der Waals surface area contributed by atoms with E-state index in [1.54, 1.807) is 6.92 Å². The van der Waals surface area contributed by atoms with Crippen molar-refractivity contribution in [2.24, 2.45) is 5.92 Å². The monoisotopic (exact) mass is 213 g/mol. The Morgan fingerprint density at radius 3 is 2.93 bits per heavy atom. The Morgan fingerprint density at radius 2 is 2.47 bits per heavy atom. The molecule has 82 valence electrons. The standard InChI is InChI=1S/C8H11N3O4/c1-6(5-12)4-8(13)10-3-2-7(9-10)11(14)15/h2-3,6,12H,4-5H2,1H3. The van der Waals surface area contributed by atoms with Crippen LogP contribution in [0.5, 0.6) is 0 Å². The van der Waals surface area contributed by atoms with Crippen LogP contribution < -0.4 is 0 Å². The van der Waals surface area contributed by atoms with Crippen LogP contribution >= 0.6 is 0 Å². The lowest BCUT2D eigenvalue weighted by atomic mass is 10.1. The Balaban J connectivity index is 2.70. The molecule has 1 rings (SSSR count). The highest BCUT2D eigenvalue weighted by atomic mass is 16.6. The Bertz CT molecular complexity index is 374. The Hall–Kier alpha value is -1.76. The number of carbonyl (C=O) groups excluding carboxylic acids is 1. The Morgan fingerprint density at radius 1 is 1.80 bits per heavy atom. The molecule has 1 heterocycles. The molecular weight excluding hydrogens is 202 g/mol. The van der Waals surface area contributed by atoms with Gasteiger partial charge in [0.05, 0.1) is 17.4 Å². The van der Waals surface area contributed by atoms with E-state index in [1.165, 1.54) is 6.20 Å². The second-order valence-corrected chi connectivity index (χ2v) is 3.26. The molecule has 0 fully saturated rings. The summed E-state index contributed by atoms with van der Waals surface area (Å²) in [6.45, 7) is 1.60. The molecule has 0 bridgehead atoms. The molecule has 1 unspecified atom stereocenters. The van der Waals surface area contributed by atoms with Crippen molar-refractivity contribution in [3.8, 4) is 0 Å². The quantitative estimate of drug-likeness (QED) is 0.578. The van der Waals surface area contributed by atoms with Crippen molar-refractivity contribution in [3.05, 3.63) is 22.4 Å². The van der Waals surface area contributed by atoms with Gasteiger partial charge in [-0.05, 0) is 10.8 Å². The van der Waals surface area contributed by atoms with Crippen LogP contribution in [0, 0.1) is 16.0 Å². The van der Waals surface area contributed by atoms with Gasteiger partial charge < -0.3 is 15.2 Å². The van der Waals surface area contributed by atoms with Gasteiger partial charge in [-0.1, -0.05) is 6.92 Å². The summed E-state index contributed by atoms with van der Waals surface area (Å²) < 4.78 is 0.921. The summed E-state index contributed by atoms with van der Waals surface area (Å²) in [6.07, 6.45) is 1.35. The molecule has 0 spiro atoms. The van der Waals surface area contributed by atoms with E-state index in [4.69, 9.17) is 5.11 Å². The lowest BCUT2D eigenvalue weighted by Crippen LogP contribution is -2.16. The molecule has 0 aliphatic rings.